The van der Waals surface area contributed by atoms with Gasteiger partial charge in [0.25, 0.3) is 0 Å². The highest BCUT2D eigenvalue weighted by molar-refractivity contribution is 6.30. The van der Waals surface area contributed by atoms with Crippen molar-refractivity contribution in [3.63, 3.8) is 0 Å². The largest absolute Gasteiger partial charge is 0.361 e. The summed E-state index contributed by atoms with van der Waals surface area (Å²) in [7, 11) is 0. The van der Waals surface area contributed by atoms with Gasteiger partial charge in [0, 0.05) is 12.2 Å². The van der Waals surface area contributed by atoms with E-state index >= 15 is 0 Å². The van der Waals surface area contributed by atoms with E-state index in [-0.39, 0.29) is 5.91 Å². The van der Waals surface area contributed by atoms with Crippen LogP contribution in [0.4, 0.5) is 5.69 Å². The number of anilines is 1. The zero-order chi connectivity index (χ0) is 12.1. The minimum atomic E-state index is -0.321. The van der Waals surface area contributed by atoms with Crippen molar-refractivity contribution in [2.45, 2.75) is 20.8 Å². The predicted octanol–water partition coefficient (Wildman–Crippen LogP) is 1.96. The summed E-state index contributed by atoms with van der Waals surface area (Å²) in [6.07, 6.45) is 0.908. The van der Waals surface area contributed by atoms with Gasteiger partial charge in [-0.3, -0.25) is 4.79 Å². The second kappa shape index (κ2) is 5.24. The van der Waals surface area contributed by atoms with Crippen LogP contribution in [-0.4, -0.2) is 23.5 Å². The average molecular weight is 217 g/mol. The van der Waals surface area contributed by atoms with Gasteiger partial charge in [-0.1, -0.05) is 12.1 Å². The maximum Gasteiger partial charge on any atom is 0.345 e. The molecule has 0 aliphatic heterocycles. The van der Waals surface area contributed by atoms with Crippen LogP contribution in [0.15, 0.2) is 18.2 Å². The number of amides is 1. The third kappa shape index (κ3) is 2.35. The molecule has 0 saturated carbocycles. The standard InChI is InChI=1S/C12H15N3O/c1-4-15(12(16)8-14-13)11-7-5-6-9(2)10(11)3/h5-8H,4H2,1-3H3. The van der Waals surface area contributed by atoms with Crippen molar-refractivity contribution in [3.05, 3.63) is 34.9 Å². The van der Waals surface area contributed by atoms with E-state index in [2.05, 4.69) is 4.79 Å². The Balaban J connectivity index is 3.18. The average Bonchev–Trinajstić information content (AvgIpc) is 2.25. The number of benzene rings is 1. The molecule has 0 radical (unpaired) electrons. The van der Waals surface area contributed by atoms with Crippen LogP contribution >= 0.6 is 0 Å². The first-order valence-electron chi connectivity index (χ1n) is 5.17. The highest BCUT2D eigenvalue weighted by Gasteiger charge is 2.17. The van der Waals surface area contributed by atoms with Gasteiger partial charge in [0.15, 0.2) is 0 Å². The van der Waals surface area contributed by atoms with Crippen molar-refractivity contribution < 1.29 is 9.58 Å². The van der Waals surface area contributed by atoms with Crippen molar-refractivity contribution in [1.29, 1.82) is 0 Å². The van der Waals surface area contributed by atoms with Crippen molar-refractivity contribution in [1.82, 2.24) is 0 Å². The van der Waals surface area contributed by atoms with E-state index in [1.807, 2.05) is 39.0 Å². The minimum Gasteiger partial charge on any atom is -0.361 e. The fraction of sp³-hybridized carbons (Fsp3) is 0.333. The second-order valence-electron chi connectivity index (χ2n) is 3.55. The number of carbonyl (C=O) groups is 1. The molecule has 1 aromatic carbocycles. The summed E-state index contributed by atoms with van der Waals surface area (Å²) in [5.41, 5.74) is 11.4. The molecule has 0 aliphatic carbocycles. The van der Waals surface area contributed by atoms with Crippen LogP contribution in [0.1, 0.15) is 18.1 Å². The molecule has 0 atom stereocenters. The van der Waals surface area contributed by atoms with Crippen LogP contribution in [0.5, 0.6) is 0 Å². The maximum atomic E-state index is 11.7. The van der Waals surface area contributed by atoms with E-state index in [9.17, 15) is 4.79 Å². The van der Waals surface area contributed by atoms with Gasteiger partial charge < -0.3 is 10.4 Å². The molecular weight excluding hydrogens is 202 g/mol. The number of aryl methyl sites for hydroxylation is 1. The Kier molecular flexibility index (Phi) is 3.97. The van der Waals surface area contributed by atoms with Crippen molar-refractivity contribution >= 4 is 17.8 Å². The predicted molar refractivity (Wildman–Crippen MR) is 63.6 cm³/mol. The van der Waals surface area contributed by atoms with Crippen LogP contribution in [0.2, 0.25) is 0 Å². The summed E-state index contributed by atoms with van der Waals surface area (Å²) in [6.45, 7) is 6.38. The van der Waals surface area contributed by atoms with Gasteiger partial charge in [-0.15, -0.1) is 0 Å². The van der Waals surface area contributed by atoms with Crippen LogP contribution < -0.4 is 4.90 Å². The lowest BCUT2D eigenvalue weighted by Gasteiger charge is -2.20. The maximum absolute atomic E-state index is 11.7. The Morgan fingerprint density at radius 3 is 2.75 bits per heavy atom. The van der Waals surface area contributed by atoms with Crippen molar-refractivity contribution in [2.75, 3.05) is 11.4 Å². The quantitative estimate of drug-likeness (QED) is 0.433. The summed E-state index contributed by atoms with van der Waals surface area (Å²) in [5.74, 6) is -0.321. The Bertz CT molecular complexity index is 448. The Labute approximate surface area is 95.1 Å². The summed E-state index contributed by atoms with van der Waals surface area (Å²) >= 11 is 0. The van der Waals surface area contributed by atoms with E-state index in [1.54, 1.807) is 4.90 Å². The Hall–Kier alpha value is -1.93. The lowest BCUT2D eigenvalue weighted by Crippen LogP contribution is -2.32. The number of hydrogen-bond donors (Lipinski definition) is 0. The first-order valence-corrected chi connectivity index (χ1v) is 5.17. The molecule has 84 valence electrons. The molecule has 4 nitrogen and oxygen atoms in total. The van der Waals surface area contributed by atoms with Crippen molar-refractivity contribution in [3.8, 4) is 0 Å². The lowest BCUT2D eigenvalue weighted by molar-refractivity contribution is -0.115. The van der Waals surface area contributed by atoms with Gasteiger partial charge >= 0.3 is 12.1 Å². The fourth-order valence-electron chi connectivity index (χ4n) is 1.59. The summed E-state index contributed by atoms with van der Waals surface area (Å²) in [6, 6.07) is 5.79. The number of carbonyl (C=O) groups excluding carboxylic acids is 1. The molecule has 0 saturated heterocycles. The third-order valence-electron chi connectivity index (χ3n) is 2.62. The van der Waals surface area contributed by atoms with Crippen LogP contribution in [0.25, 0.3) is 5.53 Å². The molecule has 0 aliphatic rings. The molecule has 4 heteroatoms. The SMILES string of the molecule is CCN(C(=O)C=[N+]=[N-])c1cccc(C)c1C. The van der Waals surface area contributed by atoms with E-state index in [4.69, 9.17) is 5.53 Å². The van der Waals surface area contributed by atoms with Gasteiger partial charge in [-0.25, -0.2) is 0 Å². The zero-order valence-electron chi connectivity index (χ0n) is 9.77. The monoisotopic (exact) mass is 217 g/mol. The van der Waals surface area contributed by atoms with Crippen LogP contribution in [-0.2, 0) is 4.79 Å². The summed E-state index contributed by atoms with van der Waals surface area (Å²) < 4.78 is 0. The molecule has 0 fully saturated rings. The third-order valence-corrected chi connectivity index (χ3v) is 2.62. The van der Waals surface area contributed by atoms with Crippen LogP contribution in [0, 0.1) is 13.8 Å². The molecule has 1 rings (SSSR count). The zero-order valence-corrected chi connectivity index (χ0v) is 9.77. The molecule has 0 unspecified atom stereocenters. The molecule has 0 aromatic heterocycles. The number of hydrogen-bond acceptors (Lipinski definition) is 1. The van der Waals surface area contributed by atoms with Gasteiger partial charge in [-0.05, 0) is 38.0 Å². The minimum absolute atomic E-state index is 0.321. The molecular formula is C12H15N3O. The van der Waals surface area contributed by atoms with Crippen molar-refractivity contribution in [2.24, 2.45) is 0 Å². The lowest BCUT2D eigenvalue weighted by atomic mass is 10.1. The molecule has 16 heavy (non-hydrogen) atoms. The molecule has 0 heterocycles. The normalized spacial score (nSPS) is 9.44. The summed E-state index contributed by atoms with van der Waals surface area (Å²) in [4.78, 5) is 16.0. The van der Waals surface area contributed by atoms with Crippen LogP contribution in [0.3, 0.4) is 0 Å². The Morgan fingerprint density at radius 1 is 1.50 bits per heavy atom. The van der Waals surface area contributed by atoms with Gasteiger partial charge in [0.1, 0.15) is 0 Å². The Morgan fingerprint density at radius 2 is 2.19 bits per heavy atom. The highest BCUT2D eigenvalue weighted by Crippen LogP contribution is 2.22. The molecule has 1 aromatic rings. The van der Waals surface area contributed by atoms with Gasteiger partial charge in [0.2, 0.25) is 0 Å². The molecule has 0 bridgehead atoms. The summed E-state index contributed by atoms with van der Waals surface area (Å²) in [5, 5.41) is 0. The van der Waals surface area contributed by atoms with E-state index in [1.165, 1.54) is 0 Å². The first-order chi connectivity index (χ1) is 7.61. The number of rotatable bonds is 3. The molecule has 1 amide bonds. The van der Waals surface area contributed by atoms with E-state index < -0.39 is 0 Å². The van der Waals surface area contributed by atoms with Gasteiger partial charge in [-0.2, -0.15) is 4.79 Å². The molecule has 0 spiro atoms. The fourth-order valence-corrected chi connectivity index (χ4v) is 1.59. The second-order valence-corrected chi connectivity index (χ2v) is 3.55. The topological polar surface area (TPSA) is 56.7 Å². The number of nitrogens with zero attached hydrogens (tertiary/aromatic N) is 3. The smallest absolute Gasteiger partial charge is 0.345 e. The first kappa shape index (κ1) is 12.1. The van der Waals surface area contributed by atoms with Gasteiger partial charge in [0.05, 0.1) is 0 Å². The highest BCUT2D eigenvalue weighted by atomic mass is 16.2. The van der Waals surface area contributed by atoms with E-state index in [0.717, 1.165) is 23.0 Å². The van der Waals surface area contributed by atoms with E-state index in [0.29, 0.717) is 6.54 Å². The molecule has 0 N–H and O–H groups in total.